The summed E-state index contributed by atoms with van der Waals surface area (Å²) in [4.78, 5) is 26.2. The predicted octanol–water partition coefficient (Wildman–Crippen LogP) is 5.02. The number of Topliss-reactive ketones (excluding diaryl/α,β-unsaturated/α-hetero) is 1. The Bertz CT molecular complexity index is 872. The van der Waals surface area contributed by atoms with E-state index in [0.29, 0.717) is 11.3 Å². The summed E-state index contributed by atoms with van der Waals surface area (Å²) in [5.74, 6) is 0.313. The molecule has 162 valence electrons. The van der Waals surface area contributed by atoms with Crippen LogP contribution in [0.3, 0.4) is 0 Å². The van der Waals surface area contributed by atoms with Crippen LogP contribution in [-0.2, 0) is 31.8 Å². The summed E-state index contributed by atoms with van der Waals surface area (Å²) in [6.07, 6.45) is 2.55. The van der Waals surface area contributed by atoms with Crippen molar-refractivity contribution in [3.8, 4) is 0 Å². The molecule has 5 nitrogen and oxygen atoms in total. The van der Waals surface area contributed by atoms with Crippen molar-refractivity contribution >= 4 is 17.5 Å². The van der Waals surface area contributed by atoms with Gasteiger partial charge in [-0.2, -0.15) is 0 Å². The molecular weight excluding hydrogens is 380 g/mol. The molecule has 30 heavy (non-hydrogen) atoms. The second kappa shape index (κ2) is 8.18. The van der Waals surface area contributed by atoms with Crippen LogP contribution in [0.25, 0.3) is 5.57 Å². The zero-order valence-electron chi connectivity index (χ0n) is 18.6. The number of fused-ring (bicyclic) bond motifs is 5. The number of benzene rings is 1. The van der Waals surface area contributed by atoms with E-state index in [1.807, 2.05) is 13.8 Å². The lowest BCUT2D eigenvalue weighted by molar-refractivity contribution is -0.118. The normalized spacial score (nSPS) is 27.2. The van der Waals surface area contributed by atoms with E-state index in [2.05, 4.69) is 32.9 Å². The third kappa shape index (κ3) is 3.47. The Morgan fingerprint density at radius 1 is 1.10 bits per heavy atom. The van der Waals surface area contributed by atoms with Crippen LogP contribution < -0.4 is 0 Å². The van der Waals surface area contributed by atoms with Crippen molar-refractivity contribution in [2.24, 2.45) is 17.8 Å². The molecule has 1 aliphatic carbocycles. The highest BCUT2D eigenvalue weighted by Crippen LogP contribution is 2.55. The van der Waals surface area contributed by atoms with Crippen LogP contribution in [0.15, 0.2) is 17.9 Å². The Morgan fingerprint density at radius 3 is 2.27 bits per heavy atom. The molecule has 0 saturated carbocycles. The molecule has 1 aromatic rings. The van der Waals surface area contributed by atoms with Crippen LogP contribution in [0.1, 0.15) is 62.8 Å². The molecule has 2 heterocycles. The largest absolute Gasteiger partial charge is 0.513 e. The molecular formula is C25H32O5. The van der Waals surface area contributed by atoms with E-state index in [0.717, 1.165) is 42.4 Å². The first kappa shape index (κ1) is 21.1. The molecule has 2 fully saturated rings. The van der Waals surface area contributed by atoms with Gasteiger partial charge in [0, 0.05) is 0 Å². The highest BCUT2D eigenvalue weighted by Gasteiger charge is 2.60. The molecule has 1 unspecified atom stereocenters. The van der Waals surface area contributed by atoms with Gasteiger partial charge in [0.15, 0.2) is 5.78 Å². The summed E-state index contributed by atoms with van der Waals surface area (Å²) >= 11 is 0. The van der Waals surface area contributed by atoms with Crippen molar-refractivity contribution < 1.29 is 23.8 Å². The summed E-state index contributed by atoms with van der Waals surface area (Å²) in [6.45, 7) is 10.5. The third-order valence-electron chi connectivity index (χ3n) is 6.56. The standard InChI is InChI=1S/C25H32O5/c1-6-15-10-14(5)11-16(7-2)19(15)22-23(26)20-17-8-9-18(29-17)21(20)24(22)30-25(27)28-12-13(3)4/h10-11,13,17-18,20-21H,6-9,12H2,1-5H3/t17?,18-,20+,21-/m1/s1. The van der Waals surface area contributed by atoms with Gasteiger partial charge in [-0.3, -0.25) is 4.79 Å². The zero-order chi connectivity index (χ0) is 21.6. The van der Waals surface area contributed by atoms with Gasteiger partial charge in [-0.25, -0.2) is 4.79 Å². The Balaban J connectivity index is 1.82. The maximum atomic E-state index is 13.7. The van der Waals surface area contributed by atoms with Gasteiger partial charge in [0.05, 0.1) is 36.2 Å². The van der Waals surface area contributed by atoms with E-state index in [9.17, 15) is 9.59 Å². The average molecular weight is 413 g/mol. The lowest BCUT2D eigenvalue weighted by atomic mass is 9.80. The van der Waals surface area contributed by atoms with Gasteiger partial charge in [0.1, 0.15) is 5.76 Å². The average Bonchev–Trinajstić information content (AvgIpc) is 3.39. The van der Waals surface area contributed by atoms with Crippen LogP contribution in [0.2, 0.25) is 0 Å². The fourth-order valence-electron chi connectivity index (χ4n) is 5.34. The molecule has 2 saturated heterocycles. The summed E-state index contributed by atoms with van der Waals surface area (Å²) in [6, 6.07) is 4.28. The Labute approximate surface area is 178 Å². The fourth-order valence-corrected chi connectivity index (χ4v) is 5.34. The minimum atomic E-state index is -0.726. The number of aryl methyl sites for hydroxylation is 3. The van der Waals surface area contributed by atoms with Crippen LogP contribution in [0.4, 0.5) is 4.79 Å². The molecule has 0 spiro atoms. The predicted molar refractivity (Wildman–Crippen MR) is 114 cm³/mol. The number of ketones is 1. The molecule has 2 bridgehead atoms. The topological polar surface area (TPSA) is 61.8 Å². The molecule has 0 radical (unpaired) electrons. The second-order valence-electron chi connectivity index (χ2n) is 9.17. The van der Waals surface area contributed by atoms with Gasteiger partial charge in [0.25, 0.3) is 0 Å². The van der Waals surface area contributed by atoms with Crippen molar-refractivity contribution in [2.45, 2.75) is 72.5 Å². The third-order valence-corrected chi connectivity index (χ3v) is 6.56. The Morgan fingerprint density at radius 2 is 1.70 bits per heavy atom. The number of ether oxygens (including phenoxy) is 3. The first-order valence-electron chi connectivity index (χ1n) is 11.3. The number of carbonyl (C=O) groups excluding carboxylic acids is 2. The fraction of sp³-hybridized carbons (Fsp3) is 0.600. The quantitative estimate of drug-likeness (QED) is 0.614. The van der Waals surface area contributed by atoms with Crippen LogP contribution >= 0.6 is 0 Å². The lowest BCUT2D eigenvalue weighted by Crippen LogP contribution is -2.30. The molecule has 5 heteroatoms. The van der Waals surface area contributed by atoms with Gasteiger partial charge in [0.2, 0.25) is 0 Å². The summed E-state index contributed by atoms with van der Waals surface area (Å²) < 4.78 is 17.2. The highest BCUT2D eigenvalue weighted by molar-refractivity contribution is 6.26. The Kier molecular flexibility index (Phi) is 5.75. The van der Waals surface area contributed by atoms with Crippen LogP contribution in [-0.4, -0.2) is 30.8 Å². The lowest BCUT2D eigenvalue weighted by Gasteiger charge is -2.21. The maximum absolute atomic E-state index is 13.7. The van der Waals surface area contributed by atoms with Gasteiger partial charge >= 0.3 is 6.16 Å². The number of carbonyl (C=O) groups is 2. The smallest absolute Gasteiger partial charge is 0.434 e. The molecule has 1 aromatic carbocycles. The van der Waals surface area contributed by atoms with E-state index in [-0.39, 0.29) is 42.4 Å². The minimum Gasteiger partial charge on any atom is -0.434 e. The summed E-state index contributed by atoms with van der Waals surface area (Å²) in [5, 5.41) is 0. The summed E-state index contributed by atoms with van der Waals surface area (Å²) in [7, 11) is 0. The Hall–Kier alpha value is -2.14. The van der Waals surface area contributed by atoms with E-state index in [4.69, 9.17) is 14.2 Å². The van der Waals surface area contributed by atoms with Gasteiger partial charge < -0.3 is 14.2 Å². The van der Waals surface area contributed by atoms with E-state index in [1.54, 1.807) is 0 Å². The molecule has 2 aliphatic heterocycles. The number of hydrogen-bond acceptors (Lipinski definition) is 5. The van der Waals surface area contributed by atoms with Crippen LogP contribution in [0.5, 0.6) is 0 Å². The van der Waals surface area contributed by atoms with Crippen molar-refractivity contribution in [2.75, 3.05) is 6.61 Å². The van der Waals surface area contributed by atoms with E-state index >= 15 is 0 Å². The SMILES string of the molecule is CCc1cc(C)cc(CC)c1C1=C(OC(=O)OCC(C)C)[C@@H]2[C@H]3CCC(O3)[C@@H]2C1=O. The number of hydrogen-bond donors (Lipinski definition) is 0. The molecule has 0 N–H and O–H groups in total. The number of allylic oxidation sites excluding steroid dienone is 1. The number of rotatable bonds is 6. The van der Waals surface area contributed by atoms with Gasteiger partial charge in [-0.1, -0.05) is 45.4 Å². The molecule has 3 aliphatic rings. The summed E-state index contributed by atoms with van der Waals surface area (Å²) in [5.41, 5.74) is 4.97. The maximum Gasteiger partial charge on any atom is 0.513 e. The van der Waals surface area contributed by atoms with Crippen molar-refractivity contribution in [1.29, 1.82) is 0 Å². The van der Waals surface area contributed by atoms with Gasteiger partial charge in [-0.05, 0) is 55.2 Å². The van der Waals surface area contributed by atoms with Gasteiger partial charge in [-0.15, -0.1) is 0 Å². The van der Waals surface area contributed by atoms with E-state index in [1.165, 1.54) is 5.56 Å². The zero-order valence-corrected chi connectivity index (χ0v) is 18.6. The minimum absolute atomic E-state index is 0.0602. The molecule has 4 atom stereocenters. The van der Waals surface area contributed by atoms with Crippen LogP contribution in [0, 0.1) is 24.7 Å². The van der Waals surface area contributed by atoms with Crippen molar-refractivity contribution in [3.63, 3.8) is 0 Å². The first-order chi connectivity index (χ1) is 14.3. The first-order valence-corrected chi connectivity index (χ1v) is 11.3. The molecule has 0 aromatic heterocycles. The molecule has 0 amide bonds. The van der Waals surface area contributed by atoms with E-state index < -0.39 is 6.16 Å². The highest BCUT2D eigenvalue weighted by atomic mass is 16.7. The van der Waals surface area contributed by atoms with Crippen molar-refractivity contribution in [3.05, 3.63) is 40.1 Å². The second-order valence-corrected chi connectivity index (χ2v) is 9.17. The van der Waals surface area contributed by atoms with Crippen molar-refractivity contribution in [1.82, 2.24) is 0 Å². The molecule has 4 rings (SSSR count). The monoisotopic (exact) mass is 412 g/mol.